The number of rotatable bonds is 5. The highest BCUT2D eigenvalue weighted by molar-refractivity contribution is 8.00. The van der Waals surface area contributed by atoms with Crippen LogP contribution in [0.3, 0.4) is 0 Å². The van der Waals surface area contributed by atoms with Crippen molar-refractivity contribution in [1.29, 1.82) is 0 Å². The molecule has 1 rings (SSSR count). The van der Waals surface area contributed by atoms with Gasteiger partial charge in [0, 0.05) is 4.75 Å². The standard InChI is InChI=1S/C13H25NO2S/c1-12(2,3)17-9-7-10-6-5-8-13(10,14-4)11(15)16/h10,14H,5-9H2,1-4H3,(H,15,16). The Hall–Kier alpha value is -0.220. The first-order valence-corrected chi connectivity index (χ1v) is 7.36. The van der Waals surface area contributed by atoms with Gasteiger partial charge in [-0.1, -0.05) is 27.2 Å². The van der Waals surface area contributed by atoms with Crippen LogP contribution in [0.4, 0.5) is 0 Å². The molecular formula is C13H25NO2S. The van der Waals surface area contributed by atoms with Gasteiger partial charge < -0.3 is 10.4 Å². The molecule has 0 aromatic heterocycles. The molecule has 1 fully saturated rings. The Bertz CT molecular complexity index is 275. The van der Waals surface area contributed by atoms with Gasteiger partial charge in [0.1, 0.15) is 5.54 Å². The van der Waals surface area contributed by atoms with E-state index in [1.54, 1.807) is 7.05 Å². The van der Waals surface area contributed by atoms with E-state index < -0.39 is 11.5 Å². The summed E-state index contributed by atoms with van der Waals surface area (Å²) >= 11 is 1.92. The van der Waals surface area contributed by atoms with Crippen LogP contribution < -0.4 is 5.32 Å². The highest BCUT2D eigenvalue weighted by atomic mass is 32.2. The van der Waals surface area contributed by atoms with E-state index in [1.165, 1.54) is 0 Å². The number of hydrogen-bond acceptors (Lipinski definition) is 3. The largest absolute Gasteiger partial charge is 0.480 e. The predicted octanol–water partition coefficient (Wildman–Crippen LogP) is 2.75. The van der Waals surface area contributed by atoms with Gasteiger partial charge >= 0.3 is 5.97 Å². The smallest absolute Gasteiger partial charge is 0.324 e. The van der Waals surface area contributed by atoms with Gasteiger partial charge in [0.15, 0.2) is 0 Å². The number of hydrogen-bond donors (Lipinski definition) is 2. The number of nitrogens with one attached hydrogen (secondary N) is 1. The summed E-state index contributed by atoms with van der Waals surface area (Å²) in [4.78, 5) is 11.5. The molecule has 2 unspecified atom stereocenters. The van der Waals surface area contributed by atoms with Gasteiger partial charge in [-0.25, -0.2) is 0 Å². The third-order valence-electron chi connectivity index (χ3n) is 3.65. The summed E-state index contributed by atoms with van der Waals surface area (Å²) in [6, 6.07) is 0. The van der Waals surface area contributed by atoms with E-state index in [0.29, 0.717) is 0 Å². The maximum Gasteiger partial charge on any atom is 0.324 e. The normalized spacial score (nSPS) is 29.5. The molecule has 0 radical (unpaired) electrons. The molecule has 0 amide bonds. The maximum atomic E-state index is 11.5. The first-order chi connectivity index (χ1) is 7.82. The fourth-order valence-corrected chi connectivity index (χ4v) is 3.71. The van der Waals surface area contributed by atoms with Crippen molar-refractivity contribution in [3.05, 3.63) is 0 Å². The Morgan fingerprint density at radius 1 is 1.53 bits per heavy atom. The summed E-state index contributed by atoms with van der Waals surface area (Å²) in [5.41, 5.74) is -0.668. The van der Waals surface area contributed by atoms with Crippen LogP contribution in [-0.2, 0) is 4.79 Å². The number of carbonyl (C=O) groups is 1. The van der Waals surface area contributed by atoms with Crippen molar-refractivity contribution >= 4 is 17.7 Å². The van der Waals surface area contributed by atoms with Crippen molar-refractivity contribution in [2.45, 2.75) is 56.7 Å². The van der Waals surface area contributed by atoms with Crippen molar-refractivity contribution in [2.24, 2.45) is 5.92 Å². The molecule has 3 nitrogen and oxygen atoms in total. The first-order valence-electron chi connectivity index (χ1n) is 6.38. The third-order valence-corrected chi connectivity index (χ3v) is 4.96. The number of aliphatic carboxylic acids is 1. The molecule has 0 saturated heterocycles. The summed E-state index contributed by atoms with van der Waals surface area (Å²) in [7, 11) is 1.78. The molecule has 0 spiro atoms. The molecule has 0 aromatic rings. The van der Waals surface area contributed by atoms with Crippen LogP contribution >= 0.6 is 11.8 Å². The Kier molecular flexibility index (Phi) is 4.90. The second-order valence-electron chi connectivity index (χ2n) is 5.87. The first kappa shape index (κ1) is 14.8. The zero-order valence-electron chi connectivity index (χ0n) is 11.4. The van der Waals surface area contributed by atoms with Gasteiger partial charge in [-0.3, -0.25) is 4.79 Å². The minimum Gasteiger partial charge on any atom is -0.480 e. The molecule has 100 valence electrons. The third kappa shape index (κ3) is 3.62. The SMILES string of the molecule is CNC1(C(=O)O)CCCC1CCSC(C)(C)C. The highest BCUT2D eigenvalue weighted by Gasteiger charge is 2.47. The fraction of sp³-hybridized carbons (Fsp3) is 0.923. The topological polar surface area (TPSA) is 49.3 Å². The second-order valence-corrected chi connectivity index (χ2v) is 7.79. The van der Waals surface area contributed by atoms with Gasteiger partial charge in [-0.2, -0.15) is 11.8 Å². The van der Waals surface area contributed by atoms with Crippen molar-refractivity contribution < 1.29 is 9.90 Å². The van der Waals surface area contributed by atoms with Crippen LogP contribution in [0.1, 0.15) is 46.5 Å². The Balaban J connectivity index is 2.55. The highest BCUT2D eigenvalue weighted by Crippen LogP contribution is 2.39. The average Bonchev–Trinajstić information content (AvgIpc) is 2.60. The molecule has 17 heavy (non-hydrogen) atoms. The van der Waals surface area contributed by atoms with Gasteiger partial charge in [0.05, 0.1) is 0 Å². The zero-order chi connectivity index (χ0) is 13.1. The van der Waals surface area contributed by atoms with Gasteiger partial charge in [-0.05, 0) is 38.0 Å². The molecule has 2 N–H and O–H groups in total. The molecule has 0 heterocycles. The van der Waals surface area contributed by atoms with Crippen LogP contribution in [0.25, 0.3) is 0 Å². The van der Waals surface area contributed by atoms with E-state index in [0.717, 1.165) is 31.4 Å². The van der Waals surface area contributed by atoms with Crippen LogP contribution in [0, 0.1) is 5.92 Å². The summed E-state index contributed by atoms with van der Waals surface area (Å²) in [5, 5.41) is 12.5. The lowest BCUT2D eigenvalue weighted by Crippen LogP contribution is -2.53. The number of carboxylic acid groups (broad SMARTS) is 1. The van der Waals surface area contributed by atoms with E-state index in [9.17, 15) is 9.90 Å². The Morgan fingerprint density at radius 3 is 2.65 bits per heavy atom. The minimum absolute atomic E-state index is 0.268. The summed E-state index contributed by atoms with van der Waals surface area (Å²) in [5.74, 6) is 0.647. The maximum absolute atomic E-state index is 11.5. The van der Waals surface area contributed by atoms with Crippen molar-refractivity contribution in [3.8, 4) is 0 Å². The predicted molar refractivity (Wildman–Crippen MR) is 73.6 cm³/mol. The van der Waals surface area contributed by atoms with Gasteiger partial charge in [-0.15, -0.1) is 0 Å². The van der Waals surface area contributed by atoms with Crippen LogP contribution in [0.5, 0.6) is 0 Å². The van der Waals surface area contributed by atoms with Gasteiger partial charge in [0.2, 0.25) is 0 Å². The molecule has 1 aliphatic rings. The van der Waals surface area contributed by atoms with Crippen LogP contribution in [-0.4, -0.2) is 34.2 Å². The lowest BCUT2D eigenvalue weighted by atomic mass is 9.85. The number of thioether (sulfide) groups is 1. The molecule has 2 atom stereocenters. The molecule has 1 saturated carbocycles. The molecule has 0 aromatic carbocycles. The van der Waals surface area contributed by atoms with E-state index in [2.05, 4.69) is 26.1 Å². The zero-order valence-corrected chi connectivity index (χ0v) is 12.2. The lowest BCUT2D eigenvalue weighted by Gasteiger charge is -2.31. The summed E-state index contributed by atoms with van der Waals surface area (Å²) in [6.45, 7) is 6.61. The lowest BCUT2D eigenvalue weighted by molar-refractivity contribution is -0.146. The van der Waals surface area contributed by atoms with Gasteiger partial charge in [0.25, 0.3) is 0 Å². The van der Waals surface area contributed by atoms with Crippen LogP contribution in [0.2, 0.25) is 0 Å². The van der Waals surface area contributed by atoms with Crippen molar-refractivity contribution in [1.82, 2.24) is 5.32 Å². The summed E-state index contributed by atoms with van der Waals surface area (Å²) in [6.07, 6.45) is 3.83. The molecule has 4 heteroatoms. The molecule has 1 aliphatic carbocycles. The van der Waals surface area contributed by atoms with E-state index in [-0.39, 0.29) is 10.7 Å². The van der Waals surface area contributed by atoms with Crippen LogP contribution in [0.15, 0.2) is 0 Å². The average molecular weight is 259 g/mol. The number of likely N-dealkylation sites (N-methyl/N-ethyl adjacent to an activating group) is 1. The Morgan fingerprint density at radius 2 is 2.18 bits per heavy atom. The Labute approximate surface area is 109 Å². The van der Waals surface area contributed by atoms with Crippen molar-refractivity contribution in [2.75, 3.05) is 12.8 Å². The number of carboxylic acids is 1. The monoisotopic (exact) mass is 259 g/mol. The summed E-state index contributed by atoms with van der Waals surface area (Å²) < 4.78 is 0.268. The van der Waals surface area contributed by atoms with E-state index >= 15 is 0 Å². The van der Waals surface area contributed by atoms with E-state index in [1.807, 2.05) is 11.8 Å². The fourth-order valence-electron chi connectivity index (χ4n) is 2.69. The van der Waals surface area contributed by atoms with Crippen molar-refractivity contribution in [3.63, 3.8) is 0 Å². The second kappa shape index (κ2) is 5.61. The minimum atomic E-state index is -0.678. The quantitative estimate of drug-likeness (QED) is 0.797. The molecule has 0 aliphatic heterocycles. The molecular weight excluding hydrogens is 234 g/mol. The van der Waals surface area contributed by atoms with E-state index in [4.69, 9.17) is 0 Å². The molecule has 0 bridgehead atoms.